The summed E-state index contributed by atoms with van der Waals surface area (Å²) in [5.41, 5.74) is 2.67. The second-order valence-electron chi connectivity index (χ2n) is 4.20. The molecule has 16 heavy (non-hydrogen) atoms. The lowest BCUT2D eigenvalue weighted by molar-refractivity contribution is 0.0890. The van der Waals surface area contributed by atoms with Crippen molar-refractivity contribution in [3.05, 3.63) is 17.8 Å². The van der Waals surface area contributed by atoms with E-state index in [0.717, 1.165) is 12.8 Å². The van der Waals surface area contributed by atoms with Crippen LogP contribution in [0.1, 0.15) is 30.3 Å². The van der Waals surface area contributed by atoms with Crippen molar-refractivity contribution in [2.45, 2.75) is 25.8 Å². The summed E-state index contributed by atoms with van der Waals surface area (Å²) in [6.45, 7) is 2.17. The van der Waals surface area contributed by atoms with Crippen molar-refractivity contribution in [3.63, 3.8) is 0 Å². The van der Waals surface area contributed by atoms with Gasteiger partial charge in [-0.3, -0.25) is 4.79 Å². The number of nitrogens with one attached hydrogen (secondary N) is 2. The van der Waals surface area contributed by atoms with Gasteiger partial charge in [0.15, 0.2) is 11.5 Å². The smallest absolute Gasteiger partial charge is 0.272 e. The molecule has 0 bridgehead atoms. The molecule has 0 saturated heterocycles. The largest absolute Gasteiger partial charge is 0.348 e. The predicted molar refractivity (Wildman–Crippen MR) is 59.5 cm³/mol. The van der Waals surface area contributed by atoms with Crippen molar-refractivity contribution in [2.75, 3.05) is 5.43 Å². The Balaban J connectivity index is 1.93. The summed E-state index contributed by atoms with van der Waals surface area (Å²) in [7, 11) is 0. The monoisotopic (exact) mass is 221 g/mol. The molecule has 0 radical (unpaired) electrons. The Bertz CT molecular complexity index is 371. The molecule has 4 N–H and O–H groups in total. The van der Waals surface area contributed by atoms with E-state index in [1.165, 1.54) is 0 Å². The lowest BCUT2D eigenvalue weighted by Crippen LogP contribution is -2.43. The maximum atomic E-state index is 11.7. The second kappa shape index (κ2) is 4.44. The van der Waals surface area contributed by atoms with Crippen LogP contribution in [0.3, 0.4) is 0 Å². The van der Waals surface area contributed by atoms with Gasteiger partial charge in [0.1, 0.15) is 0 Å². The molecule has 0 spiro atoms. The van der Waals surface area contributed by atoms with Crippen molar-refractivity contribution in [3.8, 4) is 0 Å². The maximum absolute atomic E-state index is 11.7. The molecule has 1 aromatic heterocycles. The summed E-state index contributed by atoms with van der Waals surface area (Å²) in [6.07, 6.45) is 2.09. The third kappa shape index (κ3) is 2.27. The van der Waals surface area contributed by atoms with Gasteiger partial charge in [-0.15, -0.1) is 10.2 Å². The zero-order chi connectivity index (χ0) is 11.5. The fourth-order valence-electron chi connectivity index (χ4n) is 1.81. The highest BCUT2D eigenvalue weighted by Gasteiger charge is 2.27. The molecule has 0 aliphatic heterocycles. The van der Waals surface area contributed by atoms with E-state index in [2.05, 4.69) is 27.9 Å². The highest BCUT2D eigenvalue weighted by atomic mass is 16.2. The molecule has 6 nitrogen and oxygen atoms in total. The van der Waals surface area contributed by atoms with Crippen molar-refractivity contribution >= 4 is 11.7 Å². The quantitative estimate of drug-likeness (QED) is 0.504. The van der Waals surface area contributed by atoms with Gasteiger partial charge in [-0.1, -0.05) is 6.92 Å². The average molecular weight is 221 g/mol. The summed E-state index contributed by atoms with van der Waals surface area (Å²) in [5, 5.41) is 10.4. The zero-order valence-electron chi connectivity index (χ0n) is 9.10. The summed E-state index contributed by atoms with van der Waals surface area (Å²) in [5.74, 6) is 6.12. The number of aromatic nitrogens is 2. The molecular weight excluding hydrogens is 206 g/mol. The van der Waals surface area contributed by atoms with Gasteiger partial charge in [-0.25, -0.2) is 5.84 Å². The van der Waals surface area contributed by atoms with Crippen LogP contribution in [0.15, 0.2) is 12.1 Å². The van der Waals surface area contributed by atoms with Crippen molar-refractivity contribution in [2.24, 2.45) is 11.8 Å². The van der Waals surface area contributed by atoms with E-state index < -0.39 is 0 Å². The number of hydrogen-bond acceptors (Lipinski definition) is 5. The lowest BCUT2D eigenvalue weighted by atomic mass is 9.82. The van der Waals surface area contributed by atoms with Crippen LogP contribution in [0, 0.1) is 5.92 Å². The van der Waals surface area contributed by atoms with Crippen molar-refractivity contribution in [1.29, 1.82) is 0 Å². The Hall–Kier alpha value is -1.69. The van der Waals surface area contributed by atoms with Crippen LogP contribution < -0.4 is 16.6 Å². The van der Waals surface area contributed by atoms with E-state index in [4.69, 9.17) is 5.84 Å². The van der Waals surface area contributed by atoms with Crippen LogP contribution in [-0.4, -0.2) is 22.1 Å². The van der Waals surface area contributed by atoms with Gasteiger partial charge in [0.05, 0.1) is 0 Å². The van der Waals surface area contributed by atoms with Gasteiger partial charge >= 0.3 is 0 Å². The normalized spacial score (nSPS) is 23.4. The third-order valence-electron chi connectivity index (χ3n) is 2.75. The molecule has 1 aromatic rings. The van der Waals surface area contributed by atoms with Gasteiger partial charge in [0.25, 0.3) is 5.91 Å². The number of carbonyl (C=O) groups excluding carboxylic acids is 1. The first-order valence-electron chi connectivity index (χ1n) is 5.30. The number of amides is 1. The molecule has 1 aliphatic carbocycles. The van der Waals surface area contributed by atoms with Gasteiger partial charge < -0.3 is 10.7 Å². The van der Waals surface area contributed by atoms with E-state index in [1.54, 1.807) is 12.1 Å². The zero-order valence-corrected chi connectivity index (χ0v) is 9.10. The van der Waals surface area contributed by atoms with Crippen LogP contribution in [0.4, 0.5) is 5.82 Å². The Morgan fingerprint density at radius 2 is 2.19 bits per heavy atom. The van der Waals surface area contributed by atoms with E-state index in [-0.39, 0.29) is 11.9 Å². The summed E-state index contributed by atoms with van der Waals surface area (Å²) < 4.78 is 0. The van der Waals surface area contributed by atoms with E-state index in [9.17, 15) is 4.79 Å². The van der Waals surface area contributed by atoms with Crippen LogP contribution >= 0.6 is 0 Å². The molecule has 1 fully saturated rings. The number of rotatable bonds is 3. The minimum absolute atomic E-state index is 0.173. The summed E-state index contributed by atoms with van der Waals surface area (Å²) >= 11 is 0. The molecule has 1 aliphatic rings. The van der Waals surface area contributed by atoms with E-state index in [1.807, 2.05) is 0 Å². The first-order valence-corrected chi connectivity index (χ1v) is 5.30. The Kier molecular flexibility index (Phi) is 3.00. The number of hydrazine groups is 1. The Labute approximate surface area is 93.6 Å². The molecule has 0 unspecified atom stereocenters. The van der Waals surface area contributed by atoms with Crippen LogP contribution in [0.2, 0.25) is 0 Å². The first kappa shape index (κ1) is 10.8. The molecule has 0 aromatic carbocycles. The number of nitrogens with zero attached hydrogens (tertiary/aromatic N) is 2. The fourth-order valence-corrected chi connectivity index (χ4v) is 1.81. The molecule has 2 rings (SSSR count). The summed E-state index contributed by atoms with van der Waals surface area (Å²) in [6, 6.07) is 3.50. The van der Waals surface area contributed by atoms with Crippen LogP contribution in [-0.2, 0) is 0 Å². The number of nitrogens with two attached hydrogens (primary N) is 1. The fraction of sp³-hybridized carbons (Fsp3) is 0.500. The van der Waals surface area contributed by atoms with Crippen molar-refractivity contribution < 1.29 is 4.79 Å². The van der Waals surface area contributed by atoms with Gasteiger partial charge in [0, 0.05) is 6.04 Å². The predicted octanol–water partition coefficient (Wildman–Crippen LogP) is 0.290. The SMILES string of the molecule is CC1CC(NC(=O)c2ccc(NN)nn2)C1. The molecule has 6 heteroatoms. The topological polar surface area (TPSA) is 92.9 Å². The molecule has 1 saturated carbocycles. The molecular formula is C10H15N5O. The van der Waals surface area contributed by atoms with E-state index in [0.29, 0.717) is 17.4 Å². The van der Waals surface area contributed by atoms with Crippen LogP contribution in [0.25, 0.3) is 0 Å². The minimum Gasteiger partial charge on any atom is -0.348 e. The third-order valence-corrected chi connectivity index (χ3v) is 2.75. The molecule has 0 atom stereocenters. The number of carbonyl (C=O) groups is 1. The first-order chi connectivity index (χ1) is 7.69. The van der Waals surface area contributed by atoms with E-state index >= 15 is 0 Å². The highest BCUT2D eigenvalue weighted by Crippen LogP contribution is 2.26. The Morgan fingerprint density at radius 1 is 1.44 bits per heavy atom. The van der Waals surface area contributed by atoms with Gasteiger partial charge in [-0.2, -0.15) is 0 Å². The second-order valence-corrected chi connectivity index (χ2v) is 4.20. The Morgan fingerprint density at radius 3 is 2.69 bits per heavy atom. The van der Waals surface area contributed by atoms with Crippen molar-refractivity contribution in [1.82, 2.24) is 15.5 Å². The summed E-state index contributed by atoms with van der Waals surface area (Å²) in [4.78, 5) is 11.7. The lowest BCUT2D eigenvalue weighted by Gasteiger charge is -2.33. The molecule has 1 amide bonds. The number of anilines is 1. The van der Waals surface area contributed by atoms with Crippen LogP contribution in [0.5, 0.6) is 0 Å². The standard InChI is InChI=1S/C10H15N5O/c1-6-4-7(5-6)12-10(16)8-2-3-9(13-11)15-14-8/h2-3,6-7H,4-5,11H2,1H3,(H,12,16)(H,13,15). The maximum Gasteiger partial charge on any atom is 0.272 e. The molecule has 86 valence electrons. The molecule has 1 heterocycles. The number of nitrogen functional groups attached to an aromatic ring is 1. The number of hydrogen-bond donors (Lipinski definition) is 3. The highest BCUT2D eigenvalue weighted by molar-refractivity contribution is 5.92. The van der Waals surface area contributed by atoms with Gasteiger partial charge in [-0.05, 0) is 30.9 Å². The average Bonchev–Trinajstić information content (AvgIpc) is 2.27. The van der Waals surface area contributed by atoms with Gasteiger partial charge in [0.2, 0.25) is 0 Å². The minimum atomic E-state index is -0.173.